The fourth-order valence-corrected chi connectivity index (χ4v) is 3.77. The lowest BCUT2D eigenvalue weighted by Crippen LogP contribution is -2.48. The number of hydrogen-bond donors (Lipinski definition) is 3. The normalized spacial score (nSPS) is 10.6. The number of hydrogen-bond acceptors (Lipinski definition) is 6. The van der Waals surface area contributed by atoms with Gasteiger partial charge in [0.05, 0.1) is 31.0 Å². The Hall–Kier alpha value is -4.76. The van der Waals surface area contributed by atoms with E-state index in [0.717, 1.165) is 11.1 Å². The number of carbonyl (C=O) groups excluding carboxylic acids is 2. The maximum Gasteiger partial charge on any atom is 0.270 e. The fourth-order valence-electron chi connectivity index (χ4n) is 3.61. The average Bonchev–Trinajstić information content (AvgIpc) is 2.94. The van der Waals surface area contributed by atoms with Gasteiger partial charge in [-0.2, -0.15) is 0 Å². The average molecular weight is 513 g/mol. The molecule has 0 bridgehead atoms. The number of fused-ring (bicyclic) bond motifs is 1. The molecule has 0 saturated heterocycles. The van der Waals surface area contributed by atoms with E-state index in [9.17, 15) is 9.59 Å². The molecule has 0 aliphatic rings. The molecule has 0 atom stereocenters. The van der Waals surface area contributed by atoms with Gasteiger partial charge in [-0.05, 0) is 48.1 Å². The molecule has 3 aromatic carbocycles. The van der Waals surface area contributed by atoms with Gasteiger partial charge in [0.1, 0.15) is 0 Å². The molecule has 4 rings (SSSR count). The Labute approximate surface area is 219 Å². The molecule has 1 aromatic heterocycles. The van der Waals surface area contributed by atoms with Crippen LogP contribution in [0.4, 0.5) is 0 Å². The van der Waals surface area contributed by atoms with Crippen molar-refractivity contribution in [2.24, 2.45) is 0 Å². The van der Waals surface area contributed by atoms with Crippen LogP contribution in [0.3, 0.4) is 0 Å². The van der Waals surface area contributed by atoms with Crippen LogP contribution in [0.2, 0.25) is 0 Å². The number of nitrogens with one attached hydrogen (secondary N) is 3. The second-order valence-corrected chi connectivity index (χ2v) is 8.19. The highest BCUT2D eigenvalue weighted by molar-refractivity contribution is 7.80. The van der Waals surface area contributed by atoms with Crippen LogP contribution in [0.1, 0.15) is 15.9 Å². The Kier molecular flexibility index (Phi) is 8.07. The van der Waals surface area contributed by atoms with Crippen molar-refractivity contribution in [2.45, 2.75) is 0 Å². The van der Waals surface area contributed by atoms with E-state index in [0.29, 0.717) is 33.7 Å². The van der Waals surface area contributed by atoms with Crippen LogP contribution in [-0.2, 0) is 4.79 Å². The number of benzene rings is 3. The molecule has 1 heterocycles. The van der Waals surface area contributed by atoms with Crippen molar-refractivity contribution >= 4 is 46.1 Å². The van der Waals surface area contributed by atoms with Crippen molar-refractivity contribution in [2.75, 3.05) is 14.2 Å². The first-order valence-electron chi connectivity index (χ1n) is 11.2. The summed E-state index contributed by atoms with van der Waals surface area (Å²) in [7, 11) is 3.08. The van der Waals surface area contributed by atoms with Crippen LogP contribution < -0.4 is 25.6 Å². The van der Waals surface area contributed by atoms with Crippen molar-refractivity contribution in [1.29, 1.82) is 0 Å². The molecular formula is C28H24N4O4S. The molecule has 9 heteroatoms. The van der Waals surface area contributed by atoms with Crippen molar-refractivity contribution in [1.82, 2.24) is 21.2 Å². The summed E-state index contributed by atoms with van der Waals surface area (Å²) in [4.78, 5) is 30.0. The van der Waals surface area contributed by atoms with Crippen LogP contribution in [0.5, 0.6) is 11.5 Å². The van der Waals surface area contributed by atoms with E-state index in [-0.39, 0.29) is 5.11 Å². The first-order valence-corrected chi connectivity index (χ1v) is 11.7. The molecular weight excluding hydrogens is 488 g/mol. The third kappa shape index (κ3) is 6.28. The number of methoxy groups -OCH3 is 2. The van der Waals surface area contributed by atoms with Gasteiger partial charge in [0, 0.05) is 17.0 Å². The van der Waals surface area contributed by atoms with E-state index in [1.54, 1.807) is 37.5 Å². The number of para-hydroxylation sites is 1. The molecule has 2 amide bonds. The van der Waals surface area contributed by atoms with Gasteiger partial charge in [-0.3, -0.25) is 25.8 Å². The summed E-state index contributed by atoms with van der Waals surface area (Å²) in [6, 6.07) is 24.0. The Bertz CT molecular complexity index is 1490. The predicted molar refractivity (Wildman–Crippen MR) is 147 cm³/mol. The fraction of sp³-hybridized carbons (Fsp3) is 0.0714. The van der Waals surface area contributed by atoms with Gasteiger partial charge < -0.3 is 9.47 Å². The van der Waals surface area contributed by atoms with Crippen LogP contribution in [0, 0.1) is 0 Å². The summed E-state index contributed by atoms with van der Waals surface area (Å²) in [6.45, 7) is 0. The highest BCUT2D eigenvalue weighted by atomic mass is 32.1. The molecule has 0 saturated carbocycles. The second-order valence-electron chi connectivity index (χ2n) is 7.78. The number of aromatic nitrogens is 1. The number of nitrogens with zero attached hydrogens (tertiary/aromatic N) is 1. The minimum Gasteiger partial charge on any atom is -0.493 e. The second kappa shape index (κ2) is 11.8. The maximum atomic E-state index is 13.0. The van der Waals surface area contributed by atoms with Gasteiger partial charge in [-0.15, -0.1) is 0 Å². The topological polar surface area (TPSA) is 102 Å². The summed E-state index contributed by atoms with van der Waals surface area (Å²) in [6.07, 6.45) is 2.92. The summed E-state index contributed by atoms with van der Waals surface area (Å²) < 4.78 is 10.5. The number of pyridine rings is 1. The highest BCUT2D eigenvalue weighted by Crippen LogP contribution is 2.28. The molecule has 0 unspecified atom stereocenters. The van der Waals surface area contributed by atoms with Gasteiger partial charge in [0.2, 0.25) is 5.91 Å². The van der Waals surface area contributed by atoms with E-state index in [4.69, 9.17) is 21.7 Å². The molecule has 4 aromatic rings. The number of hydrazine groups is 1. The van der Waals surface area contributed by atoms with Crippen LogP contribution in [0.15, 0.2) is 84.9 Å². The van der Waals surface area contributed by atoms with Crippen molar-refractivity contribution < 1.29 is 19.1 Å². The lowest BCUT2D eigenvalue weighted by atomic mass is 10.0. The van der Waals surface area contributed by atoms with E-state index in [1.165, 1.54) is 13.2 Å². The molecule has 0 aliphatic heterocycles. The van der Waals surface area contributed by atoms with Gasteiger partial charge >= 0.3 is 0 Å². The lowest BCUT2D eigenvalue weighted by molar-refractivity contribution is -0.115. The van der Waals surface area contributed by atoms with Crippen LogP contribution >= 0.6 is 12.2 Å². The lowest BCUT2D eigenvalue weighted by Gasteiger charge is -2.12. The van der Waals surface area contributed by atoms with Gasteiger partial charge in [0.25, 0.3) is 5.91 Å². The first kappa shape index (κ1) is 25.3. The van der Waals surface area contributed by atoms with Crippen LogP contribution in [-0.4, -0.2) is 36.1 Å². The van der Waals surface area contributed by atoms with Gasteiger partial charge in [-0.1, -0.05) is 54.6 Å². The number of carbonyl (C=O) groups is 2. The van der Waals surface area contributed by atoms with E-state index in [2.05, 4.69) is 21.2 Å². The third-order valence-electron chi connectivity index (χ3n) is 5.39. The molecule has 8 nitrogen and oxygen atoms in total. The van der Waals surface area contributed by atoms with Crippen molar-refractivity contribution in [3.63, 3.8) is 0 Å². The highest BCUT2D eigenvalue weighted by Gasteiger charge is 2.14. The third-order valence-corrected chi connectivity index (χ3v) is 5.60. The Morgan fingerprint density at radius 2 is 1.59 bits per heavy atom. The minimum absolute atomic E-state index is 0.0584. The molecule has 3 N–H and O–H groups in total. The number of rotatable bonds is 6. The molecule has 186 valence electrons. The van der Waals surface area contributed by atoms with Crippen LogP contribution in [0.25, 0.3) is 28.2 Å². The standard InChI is InChI=1S/C28H24N4O4S/c1-35-24-14-12-18(16-25(24)36-2)13-15-26(33)30-28(37)32-31-27(34)21-17-23(19-8-4-3-5-9-19)29-22-11-7-6-10-20(21)22/h3-17H,1-2H3,(H,31,34)(H2,30,32,33,37)/b15-13-. The summed E-state index contributed by atoms with van der Waals surface area (Å²) in [5.41, 5.74) is 8.52. The number of ether oxygens (including phenoxy) is 2. The van der Waals surface area contributed by atoms with Gasteiger partial charge in [-0.25, -0.2) is 4.98 Å². The Morgan fingerprint density at radius 3 is 2.35 bits per heavy atom. The minimum atomic E-state index is -0.470. The number of amides is 2. The molecule has 0 radical (unpaired) electrons. The summed E-state index contributed by atoms with van der Waals surface area (Å²) in [5.74, 6) is 0.239. The smallest absolute Gasteiger partial charge is 0.270 e. The first-order chi connectivity index (χ1) is 18.0. The van der Waals surface area contributed by atoms with E-state index in [1.807, 2.05) is 54.6 Å². The zero-order chi connectivity index (χ0) is 26.2. The quantitative estimate of drug-likeness (QED) is 0.202. The van der Waals surface area contributed by atoms with E-state index < -0.39 is 11.8 Å². The molecule has 37 heavy (non-hydrogen) atoms. The zero-order valence-electron chi connectivity index (χ0n) is 20.1. The van der Waals surface area contributed by atoms with E-state index >= 15 is 0 Å². The monoisotopic (exact) mass is 512 g/mol. The van der Waals surface area contributed by atoms with Crippen molar-refractivity contribution in [3.8, 4) is 22.8 Å². The SMILES string of the molecule is COc1ccc(/C=C\C(=O)NC(=S)NNC(=O)c2cc(-c3ccccc3)nc3ccccc23)cc1OC. The van der Waals surface area contributed by atoms with Gasteiger partial charge in [0.15, 0.2) is 16.6 Å². The molecule has 0 fully saturated rings. The Balaban J connectivity index is 1.41. The van der Waals surface area contributed by atoms with Crippen molar-refractivity contribution in [3.05, 3.63) is 96.1 Å². The largest absolute Gasteiger partial charge is 0.493 e. The molecule has 0 aliphatic carbocycles. The number of thiocarbonyl (C=S) groups is 1. The maximum absolute atomic E-state index is 13.0. The molecule has 0 spiro atoms. The zero-order valence-corrected chi connectivity index (χ0v) is 21.0. The summed E-state index contributed by atoms with van der Waals surface area (Å²) >= 11 is 5.16. The summed E-state index contributed by atoms with van der Waals surface area (Å²) in [5, 5.41) is 3.12. The predicted octanol–water partition coefficient (Wildman–Crippen LogP) is 4.27. The Morgan fingerprint density at radius 1 is 0.865 bits per heavy atom.